The molecule has 5 atom stereocenters. The number of aryl methyl sites for hydroxylation is 1. The number of rotatable bonds is 3. The molecular weight excluding hydrogens is 294 g/mol. The van der Waals surface area contributed by atoms with Crippen molar-refractivity contribution in [2.75, 3.05) is 11.9 Å². The van der Waals surface area contributed by atoms with Gasteiger partial charge in [0.25, 0.3) is 5.56 Å². The molecule has 2 aliphatic rings. The molecule has 0 unspecified atom stereocenters. The van der Waals surface area contributed by atoms with Crippen LogP contribution in [0.15, 0.2) is 29.2 Å². The van der Waals surface area contributed by atoms with E-state index in [2.05, 4.69) is 10.3 Å². The standard InChI is InChI=1S/C17H21N3O3/c1-9-3-2-4-20-14(21)7-13(19-17(9)20)18-8-11-5-10-6-12(11)16(23)15(10)22/h2-4,7,10-12,15-16,18,22-23H,5-6,8H2,1H3/t10-,11-,12-,15+,16-/m0/s1. The van der Waals surface area contributed by atoms with E-state index in [1.54, 1.807) is 6.20 Å². The zero-order valence-corrected chi connectivity index (χ0v) is 13.0. The second-order valence-corrected chi connectivity index (χ2v) is 6.88. The third-order valence-corrected chi connectivity index (χ3v) is 5.49. The molecule has 0 saturated heterocycles. The number of hydrogen-bond donors (Lipinski definition) is 3. The van der Waals surface area contributed by atoms with E-state index in [1.807, 2.05) is 19.1 Å². The SMILES string of the molecule is Cc1cccn2c(=O)cc(NC[C@@H]3C[C@H]4C[C@@H]3[C@H](O)[C@@H]4O)nc12. The summed E-state index contributed by atoms with van der Waals surface area (Å²) in [5.41, 5.74) is 1.50. The average Bonchev–Trinajstić information content (AvgIpc) is 3.07. The summed E-state index contributed by atoms with van der Waals surface area (Å²) in [6.45, 7) is 2.60. The largest absolute Gasteiger partial charge is 0.390 e. The molecular formula is C17H21N3O3. The number of pyridine rings is 1. The van der Waals surface area contributed by atoms with Crippen LogP contribution in [0.3, 0.4) is 0 Å². The fraction of sp³-hybridized carbons (Fsp3) is 0.529. The topological polar surface area (TPSA) is 86.9 Å². The molecule has 4 rings (SSSR count). The molecule has 0 aliphatic heterocycles. The predicted octanol–water partition coefficient (Wildman–Crippen LogP) is 0.793. The molecule has 2 bridgehead atoms. The lowest BCUT2D eigenvalue weighted by Gasteiger charge is -2.29. The molecule has 23 heavy (non-hydrogen) atoms. The van der Waals surface area contributed by atoms with E-state index in [1.165, 1.54) is 10.5 Å². The molecule has 0 spiro atoms. The summed E-state index contributed by atoms with van der Waals surface area (Å²) in [6, 6.07) is 5.27. The Hall–Kier alpha value is -1.92. The van der Waals surface area contributed by atoms with Gasteiger partial charge in [-0.3, -0.25) is 9.20 Å². The molecule has 0 aromatic carbocycles. The van der Waals surface area contributed by atoms with Gasteiger partial charge >= 0.3 is 0 Å². The van der Waals surface area contributed by atoms with Crippen LogP contribution in [-0.4, -0.2) is 38.4 Å². The summed E-state index contributed by atoms with van der Waals surface area (Å²) in [4.78, 5) is 16.7. The Kier molecular flexibility index (Phi) is 3.39. The first-order valence-electron chi connectivity index (χ1n) is 8.13. The monoisotopic (exact) mass is 315 g/mol. The van der Waals surface area contributed by atoms with Crippen molar-refractivity contribution in [2.45, 2.75) is 32.0 Å². The Morgan fingerprint density at radius 3 is 2.91 bits per heavy atom. The van der Waals surface area contributed by atoms with Gasteiger partial charge in [-0.15, -0.1) is 0 Å². The van der Waals surface area contributed by atoms with Crippen molar-refractivity contribution in [3.05, 3.63) is 40.3 Å². The van der Waals surface area contributed by atoms with Gasteiger partial charge in [0, 0.05) is 18.8 Å². The summed E-state index contributed by atoms with van der Waals surface area (Å²) in [5.74, 6) is 1.24. The molecule has 2 saturated carbocycles. The second-order valence-electron chi connectivity index (χ2n) is 6.88. The first-order chi connectivity index (χ1) is 11.0. The highest BCUT2D eigenvalue weighted by Gasteiger charge is 2.51. The minimum atomic E-state index is -0.613. The predicted molar refractivity (Wildman–Crippen MR) is 86.4 cm³/mol. The number of aliphatic hydroxyl groups is 2. The molecule has 122 valence electrons. The number of aliphatic hydroxyl groups excluding tert-OH is 2. The summed E-state index contributed by atoms with van der Waals surface area (Å²) in [5, 5.41) is 23.1. The summed E-state index contributed by atoms with van der Waals surface area (Å²) in [6.07, 6.45) is 2.35. The Bertz CT molecular complexity index is 801. The van der Waals surface area contributed by atoms with Crippen molar-refractivity contribution in [3.8, 4) is 0 Å². The first kappa shape index (κ1) is 14.7. The fourth-order valence-corrected chi connectivity index (χ4v) is 4.25. The number of nitrogens with zero attached hydrogens (tertiary/aromatic N) is 2. The van der Waals surface area contributed by atoms with E-state index in [4.69, 9.17) is 0 Å². The average molecular weight is 315 g/mol. The smallest absolute Gasteiger partial charge is 0.259 e. The van der Waals surface area contributed by atoms with Crippen LogP contribution in [0.2, 0.25) is 0 Å². The van der Waals surface area contributed by atoms with Gasteiger partial charge in [-0.05, 0) is 49.1 Å². The van der Waals surface area contributed by atoms with Crippen LogP contribution in [0.5, 0.6) is 0 Å². The van der Waals surface area contributed by atoms with Crippen LogP contribution in [0.1, 0.15) is 18.4 Å². The highest BCUT2D eigenvalue weighted by atomic mass is 16.3. The fourth-order valence-electron chi connectivity index (χ4n) is 4.25. The second kappa shape index (κ2) is 5.32. The molecule has 2 heterocycles. The highest BCUT2D eigenvalue weighted by molar-refractivity contribution is 5.51. The Labute approximate surface area is 133 Å². The maximum atomic E-state index is 12.2. The van der Waals surface area contributed by atoms with Crippen LogP contribution in [0, 0.1) is 24.7 Å². The molecule has 6 heteroatoms. The molecule has 6 nitrogen and oxygen atoms in total. The summed E-state index contributed by atoms with van der Waals surface area (Å²) < 4.78 is 1.54. The van der Waals surface area contributed by atoms with E-state index in [9.17, 15) is 15.0 Å². The molecule has 3 N–H and O–H groups in total. The van der Waals surface area contributed by atoms with Crippen LogP contribution in [0.4, 0.5) is 5.82 Å². The van der Waals surface area contributed by atoms with Gasteiger partial charge in [-0.25, -0.2) is 4.98 Å². The lowest BCUT2D eigenvalue weighted by Crippen LogP contribution is -2.38. The quantitative estimate of drug-likeness (QED) is 0.780. The molecule has 2 fully saturated rings. The lowest BCUT2D eigenvalue weighted by molar-refractivity contribution is -0.0317. The third kappa shape index (κ3) is 2.33. The highest BCUT2D eigenvalue weighted by Crippen LogP contribution is 2.48. The third-order valence-electron chi connectivity index (χ3n) is 5.49. The summed E-state index contributed by atoms with van der Waals surface area (Å²) >= 11 is 0. The molecule has 0 amide bonds. The Balaban J connectivity index is 1.53. The van der Waals surface area contributed by atoms with Crippen LogP contribution < -0.4 is 10.9 Å². The zero-order valence-electron chi connectivity index (χ0n) is 13.0. The maximum absolute atomic E-state index is 12.2. The van der Waals surface area contributed by atoms with Gasteiger partial charge in [-0.1, -0.05) is 6.07 Å². The Morgan fingerprint density at radius 1 is 1.35 bits per heavy atom. The van der Waals surface area contributed by atoms with E-state index in [0.29, 0.717) is 23.9 Å². The number of hydrogen-bond acceptors (Lipinski definition) is 5. The van der Waals surface area contributed by atoms with E-state index >= 15 is 0 Å². The van der Waals surface area contributed by atoms with Crippen molar-refractivity contribution < 1.29 is 10.2 Å². The van der Waals surface area contributed by atoms with Gasteiger partial charge in [0.05, 0.1) is 12.2 Å². The first-order valence-corrected chi connectivity index (χ1v) is 8.13. The molecule has 2 aliphatic carbocycles. The van der Waals surface area contributed by atoms with Gasteiger partial charge in [-0.2, -0.15) is 0 Å². The minimum Gasteiger partial charge on any atom is -0.390 e. The number of aromatic nitrogens is 2. The van der Waals surface area contributed by atoms with Crippen LogP contribution >= 0.6 is 0 Å². The van der Waals surface area contributed by atoms with Crippen molar-refractivity contribution in [1.82, 2.24) is 9.38 Å². The number of nitrogens with one attached hydrogen (secondary N) is 1. The number of anilines is 1. The van der Waals surface area contributed by atoms with Crippen molar-refractivity contribution in [1.29, 1.82) is 0 Å². The molecule has 2 aromatic heterocycles. The van der Waals surface area contributed by atoms with Crippen LogP contribution in [0.25, 0.3) is 5.65 Å². The van der Waals surface area contributed by atoms with Gasteiger partial charge in [0.15, 0.2) is 0 Å². The van der Waals surface area contributed by atoms with Gasteiger partial charge < -0.3 is 15.5 Å². The van der Waals surface area contributed by atoms with E-state index in [0.717, 1.165) is 18.4 Å². The molecule has 2 aromatic rings. The zero-order chi connectivity index (χ0) is 16.1. The Morgan fingerprint density at radius 2 is 2.17 bits per heavy atom. The molecule has 0 radical (unpaired) electrons. The minimum absolute atomic E-state index is 0.107. The number of fused-ring (bicyclic) bond motifs is 3. The van der Waals surface area contributed by atoms with E-state index < -0.39 is 12.2 Å². The van der Waals surface area contributed by atoms with Crippen LogP contribution in [-0.2, 0) is 0 Å². The summed E-state index contributed by atoms with van der Waals surface area (Å²) in [7, 11) is 0. The lowest BCUT2D eigenvalue weighted by atomic mass is 9.85. The van der Waals surface area contributed by atoms with Gasteiger partial charge in [0.2, 0.25) is 0 Å². The van der Waals surface area contributed by atoms with Crippen molar-refractivity contribution in [2.24, 2.45) is 17.8 Å². The normalized spacial score (nSPS) is 32.6. The van der Waals surface area contributed by atoms with Gasteiger partial charge in [0.1, 0.15) is 11.5 Å². The van der Waals surface area contributed by atoms with E-state index in [-0.39, 0.29) is 17.4 Å². The van der Waals surface area contributed by atoms with Crippen molar-refractivity contribution >= 4 is 11.5 Å². The van der Waals surface area contributed by atoms with Crippen molar-refractivity contribution in [3.63, 3.8) is 0 Å². The maximum Gasteiger partial charge on any atom is 0.259 e.